The molecule has 20 heavy (non-hydrogen) atoms. The molecule has 0 bridgehead atoms. The molecule has 7 heteroatoms. The van der Waals surface area contributed by atoms with Crippen molar-refractivity contribution in [2.24, 2.45) is 5.16 Å². The van der Waals surface area contributed by atoms with Gasteiger partial charge in [-0.1, -0.05) is 17.3 Å². The molecule has 0 aliphatic rings. The second-order valence-corrected chi connectivity index (χ2v) is 3.97. The SMILES string of the molecule is CCOC(=O)C(Cc1nc2ccccc2[nH]c1=O)=NO. The van der Waals surface area contributed by atoms with E-state index in [-0.39, 0.29) is 24.4 Å². The molecule has 0 spiro atoms. The molecule has 0 saturated heterocycles. The number of aromatic amines is 1. The fourth-order valence-corrected chi connectivity index (χ4v) is 1.71. The van der Waals surface area contributed by atoms with Crippen LogP contribution in [0.2, 0.25) is 0 Å². The second-order valence-electron chi connectivity index (χ2n) is 3.97. The summed E-state index contributed by atoms with van der Waals surface area (Å²) in [5, 5.41) is 11.7. The first-order valence-corrected chi connectivity index (χ1v) is 6.01. The van der Waals surface area contributed by atoms with Crippen molar-refractivity contribution in [1.29, 1.82) is 0 Å². The third-order valence-corrected chi connectivity index (χ3v) is 2.64. The number of hydrogen-bond acceptors (Lipinski definition) is 6. The van der Waals surface area contributed by atoms with Crippen LogP contribution in [0.15, 0.2) is 34.2 Å². The van der Waals surface area contributed by atoms with Crippen LogP contribution in [0.5, 0.6) is 0 Å². The molecule has 1 aromatic carbocycles. The molecule has 2 aromatic rings. The number of rotatable bonds is 4. The molecule has 0 aliphatic carbocycles. The van der Waals surface area contributed by atoms with Crippen LogP contribution < -0.4 is 5.56 Å². The van der Waals surface area contributed by atoms with Gasteiger partial charge in [-0.25, -0.2) is 9.78 Å². The van der Waals surface area contributed by atoms with E-state index in [2.05, 4.69) is 15.1 Å². The molecule has 0 amide bonds. The summed E-state index contributed by atoms with van der Waals surface area (Å²) in [6.45, 7) is 1.79. The minimum atomic E-state index is -0.774. The van der Waals surface area contributed by atoms with Crippen molar-refractivity contribution >= 4 is 22.7 Å². The van der Waals surface area contributed by atoms with Crippen molar-refractivity contribution in [1.82, 2.24) is 9.97 Å². The van der Waals surface area contributed by atoms with Crippen LogP contribution >= 0.6 is 0 Å². The van der Waals surface area contributed by atoms with Gasteiger partial charge < -0.3 is 14.9 Å². The third kappa shape index (κ3) is 2.82. The molecule has 0 atom stereocenters. The van der Waals surface area contributed by atoms with Crippen molar-refractivity contribution in [3.05, 3.63) is 40.3 Å². The Morgan fingerprint density at radius 2 is 2.20 bits per heavy atom. The molecule has 1 aromatic heterocycles. The highest BCUT2D eigenvalue weighted by molar-refractivity contribution is 6.36. The predicted octanol–water partition coefficient (Wildman–Crippen LogP) is 0.859. The number of H-pyrrole nitrogens is 1. The summed E-state index contributed by atoms with van der Waals surface area (Å²) < 4.78 is 4.72. The molecule has 7 nitrogen and oxygen atoms in total. The summed E-state index contributed by atoms with van der Waals surface area (Å²) in [6, 6.07) is 7.01. The maximum atomic E-state index is 11.9. The van der Waals surface area contributed by atoms with Gasteiger partial charge in [-0.15, -0.1) is 0 Å². The lowest BCUT2D eigenvalue weighted by molar-refractivity contribution is -0.135. The molecule has 0 saturated carbocycles. The Labute approximate surface area is 113 Å². The number of esters is 1. The lowest BCUT2D eigenvalue weighted by Gasteiger charge is -2.04. The first-order valence-electron chi connectivity index (χ1n) is 6.01. The zero-order valence-corrected chi connectivity index (χ0v) is 10.8. The molecule has 2 rings (SSSR count). The molecule has 0 fully saturated rings. The van der Waals surface area contributed by atoms with Crippen LogP contribution in [0.25, 0.3) is 11.0 Å². The summed E-state index contributed by atoms with van der Waals surface area (Å²) in [6.07, 6.45) is -0.199. The normalized spacial score (nSPS) is 11.6. The number of fused-ring (bicyclic) bond motifs is 1. The Hall–Kier alpha value is -2.70. The molecule has 0 aliphatic heterocycles. The quantitative estimate of drug-likeness (QED) is 0.372. The highest BCUT2D eigenvalue weighted by Crippen LogP contribution is 2.06. The molecule has 1 heterocycles. The van der Waals surface area contributed by atoms with Gasteiger partial charge in [-0.05, 0) is 19.1 Å². The highest BCUT2D eigenvalue weighted by Gasteiger charge is 2.17. The summed E-state index contributed by atoms with van der Waals surface area (Å²) in [5.74, 6) is -0.774. The smallest absolute Gasteiger partial charge is 0.356 e. The van der Waals surface area contributed by atoms with E-state index in [9.17, 15) is 9.59 Å². The van der Waals surface area contributed by atoms with E-state index in [1.165, 1.54) is 0 Å². The van der Waals surface area contributed by atoms with Crippen LogP contribution in [0.1, 0.15) is 12.6 Å². The van der Waals surface area contributed by atoms with Crippen molar-refractivity contribution < 1.29 is 14.7 Å². The molecule has 0 radical (unpaired) electrons. The number of oxime groups is 1. The Bertz CT molecular complexity index is 721. The van der Waals surface area contributed by atoms with E-state index >= 15 is 0 Å². The van der Waals surface area contributed by atoms with E-state index in [0.29, 0.717) is 11.0 Å². The van der Waals surface area contributed by atoms with Gasteiger partial charge in [0.05, 0.1) is 17.6 Å². The topological polar surface area (TPSA) is 105 Å². The fourth-order valence-electron chi connectivity index (χ4n) is 1.71. The van der Waals surface area contributed by atoms with Crippen molar-refractivity contribution in [2.45, 2.75) is 13.3 Å². The molecule has 2 N–H and O–H groups in total. The largest absolute Gasteiger partial charge is 0.461 e. The highest BCUT2D eigenvalue weighted by atomic mass is 16.5. The zero-order valence-electron chi connectivity index (χ0n) is 10.8. The molecule has 0 unspecified atom stereocenters. The summed E-state index contributed by atoms with van der Waals surface area (Å²) in [5.41, 5.74) is 0.571. The van der Waals surface area contributed by atoms with E-state index in [0.717, 1.165) is 0 Å². The predicted molar refractivity (Wildman–Crippen MR) is 71.9 cm³/mol. The van der Waals surface area contributed by atoms with Gasteiger partial charge >= 0.3 is 5.97 Å². The standard InChI is InChI=1S/C13H13N3O4/c1-2-20-13(18)11(16-19)7-10-12(17)15-9-6-4-3-5-8(9)14-10/h3-6,19H,2,7H2,1H3,(H,15,17). The van der Waals surface area contributed by atoms with E-state index in [1.54, 1.807) is 31.2 Å². The number of hydrogen-bond donors (Lipinski definition) is 2. The van der Waals surface area contributed by atoms with Crippen molar-refractivity contribution in [3.8, 4) is 0 Å². The minimum Gasteiger partial charge on any atom is -0.461 e. The van der Waals surface area contributed by atoms with Gasteiger partial charge in [0, 0.05) is 6.42 Å². The Morgan fingerprint density at radius 1 is 1.45 bits per heavy atom. The maximum Gasteiger partial charge on any atom is 0.356 e. The number of nitrogens with zero attached hydrogens (tertiary/aromatic N) is 2. The summed E-state index contributed by atoms with van der Waals surface area (Å²) in [4.78, 5) is 30.2. The van der Waals surface area contributed by atoms with Gasteiger partial charge in [0.25, 0.3) is 5.56 Å². The number of aromatic nitrogens is 2. The molecule has 104 valence electrons. The zero-order chi connectivity index (χ0) is 14.5. The average molecular weight is 275 g/mol. The lowest BCUT2D eigenvalue weighted by Crippen LogP contribution is -2.25. The summed E-state index contributed by atoms with van der Waals surface area (Å²) >= 11 is 0. The van der Waals surface area contributed by atoms with Gasteiger partial charge in [0.15, 0.2) is 5.71 Å². The lowest BCUT2D eigenvalue weighted by atomic mass is 10.2. The number of benzene rings is 1. The van der Waals surface area contributed by atoms with Crippen LogP contribution in [0.3, 0.4) is 0 Å². The van der Waals surface area contributed by atoms with Crippen molar-refractivity contribution in [3.63, 3.8) is 0 Å². The maximum absolute atomic E-state index is 11.9. The van der Waals surface area contributed by atoms with Gasteiger partial charge in [0.2, 0.25) is 0 Å². The van der Waals surface area contributed by atoms with E-state index in [1.807, 2.05) is 0 Å². The van der Waals surface area contributed by atoms with Crippen molar-refractivity contribution in [2.75, 3.05) is 6.61 Å². The van der Waals surface area contributed by atoms with Crippen LogP contribution in [0.4, 0.5) is 0 Å². The van der Waals surface area contributed by atoms with Gasteiger partial charge in [-0.3, -0.25) is 4.79 Å². The average Bonchev–Trinajstić information content (AvgIpc) is 2.45. The minimum absolute atomic E-state index is 0.0875. The Morgan fingerprint density at radius 3 is 2.90 bits per heavy atom. The van der Waals surface area contributed by atoms with Gasteiger partial charge in [0.1, 0.15) is 5.69 Å². The number of para-hydroxylation sites is 2. The number of nitrogens with one attached hydrogen (secondary N) is 1. The summed E-state index contributed by atoms with van der Waals surface area (Å²) in [7, 11) is 0. The molecular weight excluding hydrogens is 262 g/mol. The van der Waals surface area contributed by atoms with Crippen LogP contribution in [0, 0.1) is 0 Å². The second kappa shape index (κ2) is 5.96. The number of ether oxygens (including phenoxy) is 1. The third-order valence-electron chi connectivity index (χ3n) is 2.64. The number of carbonyl (C=O) groups excluding carboxylic acids is 1. The Kier molecular flexibility index (Phi) is 4.09. The van der Waals surface area contributed by atoms with E-state index < -0.39 is 11.5 Å². The first kappa shape index (κ1) is 13.7. The van der Waals surface area contributed by atoms with Crippen LogP contribution in [-0.2, 0) is 16.0 Å². The number of carbonyl (C=O) groups is 1. The van der Waals surface area contributed by atoms with E-state index in [4.69, 9.17) is 9.94 Å². The van der Waals surface area contributed by atoms with Gasteiger partial charge in [-0.2, -0.15) is 0 Å². The fraction of sp³-hybridized carbons (Fsp3) is 0.231. The molecular formula is C13H13N3O4. The monoisotopic (exact) mass is 275 g/mol. The Balaban J connectivity index is 2.36. The first-order chi connectivity index (χ1) is 9.65. The van der Waals surface area contributed by atoms with Crippen LogP contribution in [-0.4, -0.2) is 33.5 Å².